The lowest BCUT2D eigenvalue weighted by molar-refractivity contribution is 0.0962. The van der Waals surface area contributed by atoms with Gasteiger partial charge < -0.3 is 4.74 Å². The molecule has 2 aromatic heterocycles. The zero-order valence-electron chi connectivity index (χ0n) is 14.8. The summed E-state index contributed by atoms with van der Waals surface area (Å²) in [6.07, 6.45) is 3.99. The molecule has 1 atom stereocenters. The van der Waals surface area contributed by atoms with Gasteiger partial charge in [-0.3, -0.25) is 4.79 Å². The summed E-state index contributed by atoms with van der Waals surface area (Å²) in [5.74, 6) is 2.49. The smallest absolute Gasteiger partial charge is 0.253 e. The zero-order chi connectivity index (χ0) is 18.1. The molecule has 0 bridgehead atoms. The van der Waals surface area contributed by atoms with Crippen LogP contribution in [0.5, 0.6) is 5.75 Å². The molecular weight excluding hydrogens is 348 g/mol. The highest BCUT2D eigenvalue weighted by atomic mass is 32.2. The Kier molecular flexibility index (Phi) is 4.63. The quantitative estimate of drug-likeness (QED) is 0.642. The second kappa shape index (κ2) is 7.07. The maximum absolute atomic E-state index is 12.7. The van der Waals surface area contributed by atoms with E-state index in [2.05, 4.69) is 22.0 Å². The zero-order valence-corrected chi connectivity index (χ0v) is 15.6. The van der Waals surface area contributed by atoms with Crippen LogP contribution in [0.15, 0.2) is 35.6 Å². The average Bonchev–Trinajstić information content (AvgIpc) is 3.06. The Balaban J connectivity index is 1.70. The Hall–Kier alpha value is -2.41. The van der Waals surface area contributed by atoms with E-state index in [0.717, 1.165) is 29.2 Å². The van der Waals surface area contributed by atoms with Gasteiger partial charge in [0.2, 0.25) is 5.16 Å². The van der Waals surface area contributed by atoms with Crippen LogP contribution in [-0.2, 0) is 6.42 Å². The molecule has 26 heavy (non-hydrogen) atoms. The van der Waals surface area contributed by atoms with Gasteiger partial charge in [0, 0.05) is 24.3 Å². The molecule has 0 saturated heterocycles. The molecule has 4 rings (SSSR count). The van der Waals surface area contributed by atoms with E-state index in [0.29, 0.717) is 29.3 Å². The highest BCUT2D eigenvalue weighted by Gasteiger charge is 2.30. The number of aromatic nitrogens is 4. The first-order valence-corrected chi connectivity index (χ1v) is 9.73. The molecule has 6 nitrogen and oxygen atoms in total. The maximum atomic E-state index is 12.7. The van der Waals surface area contributed by atoms with E-state index in [-0.39, 0.29) is 11.7 Å². The van der Waals surface area contributed by atoms with E-state index in [1.807, 2.05) is 24.3 Å². The molecule has 0 amide bonds. The Bertz CT molecular complexity index is 969. The number of carbonyl (C=O) groups excluding carboxylic acids is 1. The van der Waals surface area contributed by atoms with E-state index in [1.165, 1.54) is 0 Å². The minimum absolute atomic E-state index is 0.0676. The first-order valence-electron chi connectivity index (χ1n) is 8.74. The number of benzene rings is 1. The van der Waals surface area contributed by atoms with E-state index >= 15 is 0 Å². The van der Waals surface area contributed by atoms with Gasteiger partial charge in [-0.15, -0.1) is 5.10 Å². The normalized spacial score (nSPS) is 16.7. The molecule has 1 aliphatic carbocycles. The van der Waals surface area contributed by atoms with Gasteiger partial charge in [-0.25, -0.2) is 9.50 Å². The number of hydrogen-bond acceptors (Lipinski definition) is 6. The number of para-hydroxylation sites is 1. The number of ketones is 1. The third-order valence-corrected chi connectivity index (χ3v) is 5.62. The van der Waals surface area contributed by atoms with Crippen molar-refractivity contribution < 1.29 is 9.53 Å². The monoisotopic (exact) mass is 368 g/mol. The standard InChI is InChI=1S/C19H20N4O2S/c1-3-8-26-19-21-18-20-15-9-12(13-6-4-5-7-17(13)25-2)10-16(24)14(15)11-23(18)22-19/h4-7,11-12H,3,8-10H2,1-2H3/t12-/m1/s1. The number of nitrogens with zero attached hydrogens (tertiary/aromatic N) is 4. The molecule has 7 heteroatoms. The van der Waals surface area contributed by atoms with Gasteiger partial charge in [0.25, 0.3) is 5.78 Å². The minimum atomic E-state index is 0.0676. The van der Waals surface area contributed by atoms with Crippen molar-refractivity contribution in [3.63, 3.8) is 0 Å². The van der Waals surface area contributed by atoms with Crippen molar-refractivity contribution in [2.75, 3.05) is 12.9 Å². The van der Waals surface area contributed by atoms with Crippen LogP contribution in [0.4, 0.5) is 0 Å². The lowest BCUT2D eigenvalue weighted by Crippen LogP contribution is -2.21. The Morgan fingerprint density at radius 2 is 2.12 bits per heavy atom. The van der Waals surface area contributed by atoms with E-state index < -0.39 is 0 Å². The maximum Gasteiger partial charge on any atom is 0.253 e. The van der Waals surface area contributed by atoms with E-state index in [4.69, 9.17) is 4.74 Å². The van der Waals surface area contributed by atoms with Gasteiger partial charge in [-0.2, -0.15) is 4.98 Å². The molecule has 134 valence electrons. The van der Waals surface area contributed by atoms with E-state index in [1.54, 1.807) is 29.6 Å². The van der Waals surface area contributed by atoms with Gasteiger partial charge in [-0.05, 0) is 24.5 Å². The lowest BCUT2D eigenvalue weighted by Gasteiger charge is -2.24. The first-order chi connectivity index (χ1) is 12.7. The van der Waals surface area contributed by atoms with Gasteiger partial charge >= 0.3 is 0 Å². The molecular formula is C19H20N4O2S. The predicted octanol–water partition coefficient (Wildman–Crippen LogP) is 3.55. The molecule has 0 saturated carbocycles. The fraction of sp³-hybridized carbons (Fsp3) is 0.368. The van der Waals surface area contributed by atoms with Crippen molar-refractivity contribution in [1.82, 2.24) is 19.6 Å². The van der Waals surface area contributed by atoms with Crippen LogP contribution in [-0.4, -0.2) is 38.2 Å². The summed E-state index contributed by atoms with van der Waals surface area (Å²) < 4.78 is 7.10. The van der Waals surface area contributed by atoms with Gasteiger partial charge in [0.15, 0.2) is 5.78 Å². The summed E-state index contributed by atoms with van der Waals surface area (Å²) in [5, 5.41) is 5.14. The van der Waals surface area contributed by atoms with Crippen LogP contribution >= 0.6 is 11.8 Å². The second-order valence-corrected chi connectivity index (χ2v) is 7.42. The number of methoxy groups -OCH3 is 1. The average molecular weight is 368 g/mol. The molecule has 1 aliphatic rings. The fourth-order valence-corrected chi connectivity index (χ4v) is 4.02. The summed E-state index contributed by atoms with van der Waals surface area (Å²) in [6, 6.07) is 7.87. The van der Waals surface area contributed by atoms with Crippen LogP contribution < -0.4 is 4.74 Å². The van der Waals surface area contributed by atoms with Crippen LogP contribution in [0.25, 0.3) is 5.78 Å². The number of carbonyl (C=O) groups is 1. The molecule has 0 unspecified atom stereocenters. The summed E-state index contributed by atoms with van der Waals surface area (Å²) in [6.45, 7) is 2.12. The van der Waals surface area contributed by atoms with Crippen LogP contribution in [0, 0.1) is 0 Å². The molecule has 0 aliphatic heterocycles. The van der Waals surface area contributed by atoms with Crippen molar-refractivity contribution >= 4 is 23.3 Å². The third-order valence-electron chi connectivity index (χ3n) is 4.58. The molecule has 0 fully saturated rings. The third kappa shape index (κ3) is 3.07. The largest absolute Gasteiger partial charge is 0.496 e. The van der Waals surface area contributed by atoms with Crippen molar-refractivity contribution in [1.29, 1.82) is 0 Å². The van der Waals surface area contributed by atoms with Crippen LogP contribution in [0.3, 0.4) is 0 Å². The Morgan fingerprint density at radius 3 is 2.92 bits per heavy atom. The number of rotatable bonds is 5. The number of thioether (sulfide) groups is 1. The number of ether oxygens (including phenoxy) is 1. The fourth-order valence-electron chi connectivity index (χ4n) is 3.34. The SMILES string of the molecule is CCCSc1nc2nc3c(cn2n1)C(=O)C[C@H](c1ccccc1OC)C3. The van der Waals surface area contributed by atoms with Crippen LogP contribution in [0.1, 0.15) is 47.3 Å². The van der Waals surface area contributed by atoms with Gasteiger partial charge in [0.1, 0.15) is 5.75 Å². The highest BCUT2D eigenvalue weighted by Crippen LogP contribution is 2.36. The highest BCUT2D eigenvalue weighted by molar-refractivity contribution is 7.99. The van der Waals surface area contributed by atoms with Gasteiger partial charge in [-0.1, -0.05) is 36.9 Å². The van der Waals surface area contributed by atoms with Crippen molar-refractivity contribution in [3.05, 3.63) is 47.3 Å². The molecule has 2 heterocycles. The Morgan fingerprint density at radius 1 is 1.27 bits per heavy atom. The minimum Gasteiger partial charge on any atom is -0.496 e. The number of Topliss-reactive ketones (excluding diaryl/α,β-unsaturated/α-hetero) is 1. The molecule has 0 N–H and O–H groups in total. The second-order valence-electron chi connectivity index (χ2n) is 6.36. The van der Waals surface area contributed by atoms with E-state index in [9.17, 15) is 4.79 Å². The van der Waals surface area contributed by atoms with Crippen LogP contribution in [0.2, 0.25) is 0 Å². The summed E-state index contributed by atoms with van der Waals surface area (Å²) >= 11 is 1.61. The first kappa shape index (κ1) is 17.0. The van der Waals surface area contributed by atoms with Crippen molar-refractivity contribution in [2.24, 2.45) is 0 Å². The summed E-state index contributed by atoms with van der Waals surface area (Å²) in [7, 11) is 1.66. The summed E-state index contributed by atoms with van der Waals surface area (Å²) in [4.78, 5) is 21.9. The molecule has 3 aromatic rings. The number of hydrogen-bond donors (Lipinski definition) is 0. The van der Waals surface area contributed by atoms with Gasteiger partial charge in [0.05, 0.1) is 18.4 Å². The molecule has 1 aromatic carbocycles. The lowest BCUT2D eigenvalue weighted by atomic mass is 9.82. The molecule has 0 spiro atoms. The summed E-state index contributed by atoms with van der Waals surface area (Å²) in [5.41, 5.74) is 2.50. The van der Waals surface area contributed by atoms with Crippen molar-refractivity contribution in [2.45, 2.75) is 37.3 Å². The number of fused-ring (bicyclic) bond motifs is 2. The van der Waals surface area contributed by atoms with Crippen molar-refractivity contribution in [3.8, 4) is 5.75 Å². The molecule has 0 radical (unpaired) electrons. The Labute approximate surface area is 156 Å². The topological polar surface area (TPSA) is 69.4 Å². The predicted molar refractivity (Wildman–Crippen MR) is 100 cm³/mol.